The molecular weight excluding hydrogens is 306 g/mol. The number of hydrogen-bond donors (Lipinski definition) is 3. The molecule has 0 saturated carbocycles. The van der Waals surface area contributed by atoms with Crippen molar-refractivity contribution in [3.8, 4) is 11.5 Å². The molecule has 0 unspecified atom stereocenters. The average Bonchev–Trinajstić information content (AvgIpc) is 2.58. The normalized spacial score (nSPS) is 11.2. The van der Waals surface area contributed by atoms with Gasteiger partial charge < -0.3 is 20.3 Å². The van der Waals surface area contributed by atoms with Crippen LogP contribution < -0.4 is 10.1 Å². The lowest BCUT2D eigenvalue weighted by molar-refractivity contribution is -0.115. The van der Waals surface area contributed by atoms with E-state index in [4.69, 9.17) is 4.74 Å². The Kier molecular flexibility index (Phi) is 5.84. The van der Waals surface area contributed by atoms with Crippen LogP contribution in [-0.4, -0.2) is 29.8 Å². The Hall–Kier alpha value is -2.95. The molecule has 0 aliphatic carbocycles. The van der Waals surface area contributed by atoms with E-state index in [-0.39, 0.29) is 17.2 Å². The molecule has 126 valence electrons. The number of rotatable bonds is 6. The van der Waals surface area contributed by atoms with E-state index in [1.807, 2.05) is 19.1 Å². The molecule has 0 aliphatic rings. The molecule has 3 N–H and O–H groups in total. The molecule has 0 radical (unpaired) electrons. The fraction of sp³-hybridized carbons (Fsp3) is 0.211. The van der Waals surface area contributed by atoms with Gasteiger partial charge >= 0.3 is 0 Å². The first kappa shape index (κ1) is 17.4. The number of carbonyl (C=O) groups excluding carboxylic acids is 1. The monoisotopic (exact) mass is 327 g/mol. The summed E-state index contributed by atoms with van der Waals surface area (Å²) in [5, 5.41) is 21.7. The van der Waals surface area contributed by atoms with Crippen LogP contribution in [0.4, 0.5) is 0 Å². The van der Waals surface area contributed by atoms with Crippen molar-refractivity contribution >= 4 is 11.5 Å². The molecule has 0 atom stereocenters. The van der Waals surface area contributed by atoms with E-state index in [1.165, 1.54) is 7.11 Å². The van der Waals surface area contributed by atoms with Crippen LogP contribution in [0.2, 0.25) is 0 Å². The second-order valence-corrected chi connectivity index (χ2v) is 5.42. The zero-order valence-electron chi connectivity index (χ0n) is 13.7. The topological polar surface area (TPSA) is 78.8 Å². The van der Waals surface area contributed by atoms with Crippen molar-refractivity contribution in [3.63, 3.8) is 0 Å². The van der Waals surface area contributed by atoms with Crippen LogP contribution in [-0.2, 0) is 11.2 Å². The molecule has 2 aromatic carbocycles. The fourth-order valence-electron chi connectivity index (χ4n) is 2.29. The maximum Gasteiger partial charge on any atom is 0.255 e. The van der Waals surface area contributed by atoms with Gasteiger partial charge in [0.1, 0.15) is 0 Å². The number of methoxy groups -OCH3 is 1. The molecule has 0 bridgehead atoms. The van der Waals surface area contributed by atoms with Gasteiger partial charge in [-0.15, -0.1) is 0 Å². The Morgan fingerprint density at radius 2 is 1.92 bits per heavy atom. The van der Waals surface area contributed by atoms with Crippen LogP contribution in [0.15, 0.2) is 48.7 Å². The Labute approximate surface area is 141 Å². The van der Waals surface area contributed by atoms with Crippen LogP contribution in [0.25, 0.3) is 5.57 Å². The summed E-state index contributed by atoms with van der Waals surface area (Å²) in [6.45, 7) is 2.36. The fourth-order valence-corrected chi connectivity index (χ4v) is 2.29. The number of aliphatic hydroxyl groups is 1. The van der Waals surface area contributed by atoms with Crippen molar-refractivity contribution in [1.82, 2.24) is 5.32 Å². The minimum atomic E-state index is -0.341. The summed E-state index contributed by atoms with van der Waals surface area (Å²) in [7, 11) is 1.49. The molecular formula is C19H21NO4. The number of nitrogens with one attached hydrogen (secondary N) is 1. The minimum Gasteiger partial charge on any atom is -0.515 e. The van der Waals surface area contributed by atoms with E-state index in [0.717, 1.165) is 17.4 Å². The number of phenolic OH excluding ortho intramolecular Hbond substituents is 1. The highest BCUT2D eigenvalue weighted by Crippen LogP contribution is 2.26. The van der Waals surface area contributed by atoms with Crippen molar-refractivity contribution in [2.75, 3.05) is 13.7 Å². The van der Waals surface area contributed by atoms with Gasteiger partial charge in [0.15, 0.2) is 11.5 Å². The zero-order chi connectivity index (χ0) is 17.5. The summed E-state index contributed by atoms with van der Waals surface area (Å²) >= 11 is 0. The zero-order valence-corrected chi connectivity index (χ0v) is 13.7. The van der Waals surface area contributed by atoms with E-state index in [0.29, 0.717) is 24.3 Å². The maximum atomic E-state index is 12.2. The molecule has 0 fully saturated rings. The number of phenols is 1. The predicted molar refractivity (Wildman–Crippen MR) is 93.2 cm³/mol. The second kappa shape index (κ2) is 8.06. The van der Waals surface area contributed by atoms with Crippen molar-refractivity contribution < 1.29 is 19.7 Å². The predicted octanol–water partition coefficient (Wildman–Crippen LogP) is 2.97. The van der Waals surface area contributed by atoms with Gasteiger partial charge in [-0.1, -0.05) is 35.9 Å². The van der Waals surface area contributed by atoms with Gasteiger partial charge in [0.05, 0.1) is 18.9 Å². The molecule has 0 saturated heterocycles. The molecule has 0 spiro atoms. The number of carbonyl (C=O) groups is 1. The number of ether oxygens (including phenoxy) is 1. The SMILES string of the molecule is COc1cc(CCNC(=O)/C(=C/O)c2ccc(C)cc2)ccc1O. The lowest BCUT2D eigenvalue weighted by Crippen LogP contribution is -2.26. The second-order valence-electron chi connectivity index (χ2n) is 5.42. The third-order valence-corrected chi connectivity index (χ3v) is 3.68. The summed E-state index contributed by atoms with van der Waals surface area (Å²) in [6, 6.07) is 12.4. The highest BCUT2D eigenvalue weighted by molar-refractivity contribution is 6.19. The molecule has 0 aliphatic heterocycles. The quantitative estimate of drug-likeness (QED) is 0.563. The minimum absolute atomic E-state index is 0.0788. The van der Waals surface area contributed by atoms with Gasteiger partial charge in [0.2, 0.25) is 0 Å². The summed E-state index contributed by atoms with van der Waals surface area (Å²) < 4.78 is 5.06. The van der Waals surface area contributed by atoms with Crippen molar-refractivity contribution in [2.24, 2.45) is 0 Å². The lowest BCUT2D eigenvalue weighted by Gasteiger charge is -2.10. The van der Waals surface area contributed by atoms with Crippen molar-refractivity contribution in [1.29, 1.82) is 0 Å². The number of aromatic hydroxyl groups is 1. The van der Waals surface area contributed by atoms with Gasteiger partial charge in [-0.3, -0.25) is 4.79 Å². The summed E-state index contributed by atoms with van der Waals surface area (Å²) in [5.74, 6) is 0.136. The standard InChI is InChI=1S/C19H21NO4/c1-13-3-6-15(7-4-13)16(12-21)19(23)20-10-9-14-5-8-17(22)18(11-14)24-2/h3-8,11-12,21-22H,9-10H2,1-2H3,(H,20,23)/b16-12+. The van der Waals surface area contributed by atoms with E-state index >= 15 is 0 Å². The molecule has 0 aromatic heterocycles. The molecule has 5 heteroatoms. The molecule has 1 amide bonds. The smallest absolute Gasteiger partial charge is 0.255 e. The third kappa shape index (κ3) is 4.29. The first-order valence-corrected chi connectivity index (χ1v) is 7.60. The Morgan fingerprint density at radius 3 is 2.54 bits per heavy atom. The van der Waals surface area contributed by atoms with Crippen LogP contribution in [0.1, 0.15) is 16.7 Å². The molecule has 2 aromatic rings. The van der Waals surface area contributed by atoms with Gasteiger partial charge in [0.25, 0.3) is 5.91 Å². The Morgan fingerprint density at radius 1 is 1.21 bits per heavy atom. The molecule has 0 heterocycles. The van der Waals surface area contributed by atoms with Crippen LogP contribution in [0.5, 0.6) is 11.5 Å². The largest absolute Gasteiger partial charge is 0.515 e. The average molecular weight is 327 g/mol. The first-order chi connectivity index (χ1) is 11.5. The van der Waals surface area contributed by atoms with Crippen molar-refractivity contribution in [3.05, 3.63) is 65.4 Å². The van der Waals surface area contributed by atoms with E-state index in [9.17, 15) is 15.0 Å². The Balaban J connectivity index is 1.96. The lowest BCUT2D eigenvalue weighted by atomic mass is 10.0. The molecule has 24 heavy (non-hydrogen) atoms. The van der Waals surface area contributed by atoms with Gasteiger partial charge in [-0.05, 0) is 36.6 Å². The number of benzene rings is 2. The number of amides is 1. The Bertz CT molecular complexity index is 736. The van der Waals surface area contributed by atoms with Gasteiger partial charge in [-0.25, -0.2) is 0 Å². The number of aryl methyl sites for hydroxylation is 1. The maximum absolute atomic E-state index is 12.2. The first-order valence-electron chi connectivity index (χ1n) is 7.60. The summed E-state index contributed by atoms with van der Waals surface area (Å²) in [5.41, 5.74) is 2.89. The van der Waals surface area contributed by atoms with Crippen LogP contribution >= 0.6 is 0 Å². The highest BCUT2D eigenvalue weighted by Gasteiger charge is 2.12. The third-order valence-electron chi connectivity index (χ3n) is 3.68. The van der Waals surface area contributed by atoms with E-state index in [2.05, 4.69) is 5.32 Å². The van der Waals surface area contributed by atoms with Crippen LogP contribution in [0.3, 0.4) is 0 Å². The summed E-state index contributed by atoms with van der Waals surface area (Å²) in [6.07, 6.45) is 1.40. The van der Waals surface area contributed by atoms with Crippen molar-refractivity contribution in [2.45, 2.75) is 13.3 Å². The van der Waals surface area contributed by atoms with E-state index < -0.39 is 0 Å². The van der Waals surface area contributed by atoms with Gasteiger partial charge in [-0.2, -0.15) is 0 Å². The molecule has 5 nitrogen and oxygen atoms in total. The summed E-state index contributed by atoms with van der Waals surface area (Å²) in [4.78, 5) is 12.2. The van der Waals surface area contributed by atoms with E-state index in [1.54, 1.807) is 30.3 Å². The highest BCUT2D eigenvalue weighted by atomic mass is 16.5. The van der Waals surface area contributed by atoms with Crippen LogP contribution in [0, 0.1) is 6.92 Å². The molecule has 2 rings (SSSR count). The van der Waals surface area contributed by atoms with Gasteiger partial charge in [0, 0.05) is 6.54 Å². The number of aliphatic hydroxyl groups excluding tert-OH is 1. The number of hydrogen-bond acceptors (Lipinski definition) is 4.